The first-order valence-corrected chi connectivity index (χ1v) is 10.5. The summed E-state index contributed by atoms with van der Waals surface area (Å²) in [7, 11) is -3.51. The average molecular weight is 482 g/mol. The molecule has 0 aliphatic rings. The zero-order chi connectivity index (χ0) is 23.8. The van der Waals surface area contributed by atoms with Gasteiger partial charge in [0.1, 0.15) is 31.2 Å². The number of benzene rings is 1. The zero-order valence-corrected chi connectivity index (χ0v) is 17.9. The van der Waals surface area contributed by atoms with Crippen LogP contribution < -0.4 is 20.5 Å². The molecular formula is C17H17F3N2O7S2. The van der Waals surface area contributed by atoms with Gasteiger partial charge in [0.05, 0.1) is 12.7 Å². The van der Waals surface area contributed by atoms with E-state index in [0.717, 1.165) is 38.1 Å². The maximum Gasteiger partial charge on any atom is 0.573 e. The highest BCUT2D eigenvalue weighted by atomic mass is 32.2. The van der Waals surface area contributed by atoms with E-state index in [-0.39, 0.29) is 10.8 Å². The maximum atomic E-state index is 13.1. The van der Waals surface area contributed by atoms with E-state index in [4.69, 9.17) is 10.5 Å². The van der Waals surface area contributed by atoms with Crippen molar-refractivity contribution in [2.75, 3.05) is 12.4 Å². The number of aliphatic hydroxyl groups is 1. The number of primary amides is 1. The third-order valence-corrected chi connectivity index (χ3v) is 6.99. The van der Waals surface area contributed by atoms with Gasteiger partial charge in [-0.3, -0.25) is 9.59 Å². The molecule has 0 radical (unpaired) electrons. The van der Waals surface area contributed by atoms with E-state index < -0.39 is 54.0 Å². The van der Waals surface area contributed by atoms with Gasteiger partial charge in [-0.25, -0.2) is 8.42 Å². The topological polar surface area (TPSA) is 145 Å². The lowest BCUT2D eigenvalue weighted by Gasteiger charge is -2.16. The van der Waals surface area contributed by atoms with Crippen LogP contribution in [-0.2, 0) is 14.6 Å². The molecule has 0 saturated carbocycles. The molecule has 2 aromatic rings. The fraction of sp³-hybridized carbons (Fsp3) is 0.294. The highest BCUT2D eigenvalue weighted by molar-refractivity contribution is 7.93. The lowest BCUT2D eigenvalue weighted by molar-refractivity contribution is -0.275. The van der Waals surface area contributed by atoms with Crippen molar-refractivity contribution in [2.24, 2.45) is 5.73 Å². The van der Waals surface area contributed by atoms with Gasteiger partial charge in [0, 0.05) is 6.07 Å². The van der Waals surface area contributed by atoms with Gasteiger partial charge in [0.25, 0.3) is 11.8 Å². The molecular weight excluding hydrogens is 465 g/mol. The Balaban J connectivity index is 2.64. The predicted octanol–water partition coefficient (Wildman–Crippen LogP) is 2.30. The van der Waals surface area contributed by atoms with Crippen molar-refractivity contribution >= 4 is 38.0 Å². The maximum absolute atomic E-state index is 13.1. The lowest BCUT2D eigenvalue weighted by Crippen LogP contribution is -2.36. The molecule has 1 aromatic carbocycles. The number of alkyl halides is 3. The molecule has 0 aliphatic carbocycles. The second-order valence-corrected chi connectivity index (χ2v) is 9.75. The van der Waals surface area contributed by atoms with Gasteiger partial charge >= 0.3 is 6.36 Å². The second-order valence-electron chi connectivity index (χ2n) is 6.55. The van der Waals surface area contributed by atoms with Crippen LogP contribution in [0.5, 0.6) is 11.5 Å². The number of carbonyl (C=O) groups excluding carboxylic acids is 2. The Bertz CT molecular complexity index is 1120. The van der Waals surface area contributed by atoms with E-state index in [1.54, 1.807) is 0 Å². The molecule has 0 bridgehead atoms. The number of halogens is 3. The van der Waals surface area contributed by atoms with E-state index in [1.165, 1.54) is 7.11 Å². The molecule has 0 spiro atoms. The van der Waals surface area contributed by atoms with Crippen LogP contribution in [-0.4, -0.2) is 44.4 Å². The van der Waals surface area contributed by atoms with Gasteiger partial charge in [-0.05, 0) is 32.0 Å². The molecule has 170 valence electrons. The van der Waals surface area contributed by atoms with Crippen molar-refractivity contribution < 1.29 is 45.8 Å². The van der Waals surface area contributed by atoms with Gasteiger partial charge < -0.3 is 25.6 Å². The van der Waals surface area contributed by atoms with Crippen LogP contribution >= 0.6 is 11.3 Å². The summed E-state index contributed by atoms with van der Waals surface area (Å²) in [6.07, 6.45) is -5.18. The first-order chi connectivity index (χ1) is 14.1. The number of nitrogens with two attached hydrogens (primary N) is 1. The highest BCUT2D eigenvalue weighted by Gasteiger charge is 2.36. The van der Waals surface area contributed by atoms with Gasteiger partial charge in [-0.2, -0.15) is 0 Å². The summed E-state index contributed by atoms with van der Waals surface area (Å²) in [5.74, 6) is -3.18. The molecule has 0 aliphatic heterocycles. The van der Waals surface area contributed by atoms with Crippen molar-refractivity contribution in [1.29, 1.82) is 0 Å². The fourth-order valence-electron chi connectivity index (χ4n) is 2.18. The molecule has 9 nitrogen and oxygen atoms in total. The summed E-state index contributed by atoms with van der Waals surface area (Å²) in [6.45, 7) is 2.29. The number of anilines is 1. The lowest BCUT2D eigenvalue weighted by atomic mass is 10.1. The number of sulfone groups is 1. The number of hydrogen-bond acceptors (Lipinski definition) is 8. The molecule has 2 amide bonds. The highest BCUT2D eigenvalue weighted by Crippen LogP contribution is 2.40. The van der Waals surface area contributed by atoms with Gasteiger partial charge in [0.2, 0.25) is 9.84 Å². The Kier molecular flexibility index (Phi) is 6.59. The van der Waals surface area contributed by atoms with Crippen molar-refractivity contribution in [2.45, 2.75) is 34.9 Å². The summed E-state index contributed by atoms with van der Waals surface area (Å²) in [5.41, 5.74) is 2.93. The minimum atomic E-state index is -5.18. The molecule has 0 atom stereocenters. The predicted molar refractivity (Wildman–Crippen MR) is 103 cm³/mol. The zero-order valence-electron chi connectivity index (χ0n) is 16.2. The number of ether oxygens (including phenoxy) is 2. The second kappa shape index (κ2) is 8.36. The summed E-state index contributed by atoms with van der Waals surface area (Å²) in [6, 6.07) is 3.45. The summed E-state index contributed by atoms with van der Waals surface area (Å²) < 4.78 is 72.5. The van der Waals surface area contributed by atoms with E-state index in [2.05, 4.69) is 10.1 Å². The van der Waals surface area contributed by atoms with Crippen molar-refractivity contribution in [3.8, 4) is 11.5 Å². The molecule has 0 unspecified atom stereocenters. The van der Waals surface area contributed by atoms with Gasteiger partial charge in [-0.1, -0.05) is 0 Å². The Morgan fingerprint density at radius 3 is 2.29 bits per heavy atom. The van der Waals surface area contributed by atoms with E-state index in [9.17, 15) is 36.3 Å². The largest absolute Gasteiger partial charge is 0.573 e. The Labute approximate surface area is 178 Å². The number of thiophene rings is 1. The van der Waals surface area contributed by atoms with E-state index in [0.29, 0.717) is 11.3 Å². The standard InChI is InChI=1S/C17H17F3N2O7S2/c1-16(2,25)15(24)22-14-9(13(21)23)7-12(30-14)31(26,27)11-6-8(28-3)4-5-10(11)29-17(18,19)20/h4-7,25H,1-3H3,(H2,21,23)(H,22,24). The molecule has 0 saturated heterocycles. The normalized spacial score (nSPS) is 12.4. The molecule has 1 aromatic heterocycles. The molecule has 4 N–H and O–H groups in total. The third-order valence-electron chi connectivity index (χ3n) is 3.69. The minimum absolute atomic E-state index is 0.0738. The van der Waals surface area contributed by atoms with Crippen LogP contribution in [0.3, 0.4) is 0 Å². The van der Waals surface area contributed by atoms with Crippen LogP contribution in [0, 0.1) is 0 Å². The first-order valence-electron chi connectivity index (χ1n) is 8.22. The van der Waals surface area contributed by atoms with Crippen LogP contribution in [0.2, 0.25) is 0 Å². The number of hydrogen-bond donors (Lipinski definition) is 3. The Morgan fingerprint density at radius 1 is 1.19 bits per heavy atom. The smallest absolute Gasteiger partial charge is 0.497 e. The van der Waals surface area contributed by atoms with Crippen LogP contribution in [0.4, 0.5) is 18.2 Å². The number of nitrogens with one attached hydrogen (secondary N) is 1. The number of rotatable bonds is 7. The number of methoxy groups -OCH3 is 1. The van der Waals surface area contributed by atoms with E-state index in [1.807, 2.05) is 0 Å². The molecule has 31 heavy (non-hydrogen) atoms. The summed E-state index contributed by atoms with van der Waals surface area (Å²) in [4.78, 5) is 22.8. The Morgan fingerprint density at radius 2 is 1.81 bits per heavy atom. The SMILES string of the molecule is COc1ccc(OC(F)(F)F)c(S(=O)(=O)c2cc(C(N)=O)c(NC(=O)C(C)(C)O)s2)c1. The van der Waals surface area contributed by atoms with Crippen LogP contribution in [0.15, 0.2) is 33.4 Å². The average Bonchev–Trinajstić information content (AvgIpc) is 3.04. The summed E-state index contributed by atoms with van der Waals surface area (Å²) >= 11 is 0.365. The van der Waals surface area contributed by atoms with Crippen molar-refractivity contribution in [3.63, 3.8) is 0 Å². The quantitative estimate of drug-likeness (QED) is 0.549. The van der Waals surface area contributed by atoms with Crippen molar-refractivity contribution in [1.82, 2.24) is 0 Å². The Hall–Kier alpha value is -2.84. The first kappa shape index (κ1) is 24.4. The number of carbonyl (C=O) groups is 2. The van der Waals surface area contributed by atoms with Gasteiger partial charge in [0.15, 0.2) is 0 Å². The van der Waals surface area contributed by atoms with Crippen LogP contribution in [0.25, 0.3) is 0 Å². The van der Waals surface area contributed by atoms with Crippen LogP contribution in [0.1, 0.15) is 24.2 Å². The number of amides is 2. The molecule has 0 fully saturated rings. The van der Waals surface area contributed by atoms with Crippen molar-refractivity contribution in [3.05, 3.63) is 29.8 Å². The van der Waals surface area contributed by atoms with E-state index >= 15 is 0 Å². The minimum Gasteiger partial charge on any atom is -0.497 e. The summed E-state index contributed by atoms with van der Waals surface area (Å²) in [5, 5.41) is 11.6. The monoisotopic (exact) mass is 482 g/mol. The molecule has 1 heterocycles. The third kappa shape index (κ3) is 5.65. The molecule has 14 heteroatoms. The molecule has 2 rings (SSSR count). The van der Waals surface area contributed by atoms with Gasteiger partial charge in [-0.15, -0.1) is 24.5 Å². The fourth-order valence-corrected chi connectivity index (χ4v) is 5.06.